The maximum absolute atomic E-state index is 13.6. The van der Waals surface area contributed by atoms with E-state index in [9.17, 15) is 9.18 Å². The molecule has 3 nitrogen and oxygen atoms in total. The molecule has 1 aromatic heterocycles. The Bertz CT molecular complexity index is 905. The van der Waals surface area contributed by atoms with Crippen LogP contribution in [0.5, 0.6) is 0 Å². The molecule has 0 aliphatic rings. The highest BCUT2D eigenvalue weighted by atomic mass is 32.2. The fourth-order valence-electron chi connectivity index (χ4n) is 2.54. The number of fused-ring (bicyclic) bond motifs is 1. The summed E-state index contributed by atoms with van der Waals surface area (Å²) in [5, 5.41) is 1.15. The smallest absolute Gasteiger partial charge is 0.258 e. The van der Waals surface area contributed by atoms with Crippen LogP contribution in [0.3, 0.4) is 0 Å². The first-order valence-corrected chi connectivity index (χ1v) is 8.01. The first kappa shape index (κ1) is 14.7. The standard InChI is InChI=1S/C17H15FN2OS/c1-20-10-16(11-4-3-5-13(8-11)19-22-2)15-9-12(18)6-7-14(15)17(20)21/h3-10,19H,1-2H3. The lowest BCUT2D eigenvalue weighted by molar-refractivity contribution is 0.629. The Morgan fingerprint density at radius 3 is 2.73 bits per heavy atom. The average Bonchev–Trinajstić information content (AvgIpc) is 2.51. The zero-order chi connectivity index (χ0) is 15.7. The van der Waals surface area contributed by atoms with E-state index < -0.39 is 0 Å². The SMILES string of the molecule is CSNc1cccc(-c2cn(C)c(=O)c3ccc(F)cc23)c1. The molecule has 2 aromatic carbocycles. The maximum atomic E-state index is 13.6. The zero-order valence-electron chi connectivity index (χ0n) is 12.3. The Kier molecular flexibility index (Phi) is 3.90. The van der Waals surface area contributed by atoms with Gasteiger partial charge in [0.1, 0.15) is 5.82 Å². The van der Waals surface area contributed by atoms with E-state index in [1.54, 1.807) is 19.3 Å². The van der Waals surface area contributed by atoms with Gasteiger partial charge in [0.15, 0.2) is 0 Å². The molecule has 0 saturated carbocycles. The number of nitrogens with one attached hydrogen (secondary N) is 1. The minimum absolute atomic E-state index is 0.128. The molecule has 0 saturated heterocycles. The molecule has 0 radical (unpaired) electrons. The van der Waals surface area contributed by atoms with E-state index >= 15 is 0 Å². The van der Waals surface area contributed by atoms with Crippen LogP contribution >= 0.6 is 11.9 Å². The third-order valence-electron chi connectivity index (χ3n) is 3.54. The largest absolute Gasteiger partial charge is 0.330 e. The van der Waals surface area contributed by atoms with Gasteiger partial charge in [0.2, 0.25) is 0 Å². The summed E-state index contributed by atoms with van der Waals surface area (Å²) in [5.41, 5.74) is 2.60. The topological polar surface area (TPSA) is 34.0 Å². The third-order valence-corrected chi connectivity index (χ3v) is 3.98. The summed E-state index contributed by atoms with van der Waals surface area (Å²) in [7, 11) is 1.71. The van der Waals surface area contributed by atoms with Crippen LogP contribution in [0, 0.1) is 5.82 Å². The van der Waals surface area contributed by atoms with Crippen LogP contribution in [0.4, 0.5) is 10.1 Å². The molecule has 3 rings (SSSR count). The van der Waals surface area contributed by atoms with Crippen LogP contribution in [-0.2, 0) is 7.05 Å². The molecule has 0 spiro atoms. The number of hydrogen-bond donors (Lipinski definition) is 1. The Morgan fingerprint density at radius 1 is 1.14 bits per heavy atom. The number of pyridine rings is 1. The maximum Gasteiger partial charge on any atom is 0.258 e. The van der Waals surface area contributed by atoms with Gasteiger partial charge in [0.25, 0.3) is 5.56 Å². The molecule has 0 fully saturated rings. The fraction of sp³-hybridized carbons (Fsp3) is 0.118. The lowest BCUT2D eigenvalue weighted by Crippen LogP contribution is -2.16. The molecule has 112 valence electrons. The number of benzene rings is 2. The van der Waals surface area contributed by atoms with Crippen molar-refractivity contribution in [3.05, 3.63) is 64.8 Å². The first-order chi connectivity index (χ1) is 10.6. The predicted octanol–water partition coefficient (Wildman–Crippen LogP) is 4.03. The molecule has 0 unspecified atom stereocenters. The van der Waals surface area contributed by atoms with Crippen LogP contribution in [0.2, 0.25) is 0 Å². The number of anilines is 1. The van der Waals surface area contributed by atoms with Crippen molar-refractivity contribution in [2.24, 2.45) is 7.05 Å². The number of aryl methyl sites for hydroxylation is 1. The monoisotopic (exact) mass is 314 g/mol. The van der Waals surface area contributed by atoms with Crippen molar-refractivity contribution >= 4 is 28.4 Å². The summed E-state index contributed by atoms with van der Waals surface area (Å²) in [5.74, 6) is -0.347. The Labute approximate surface area is 131 Å². The van der Waals surface area contributed by atoms with Gasteiger partial charge < -0.3 is 9.29 Å². The lowest BCUT2D eigenvalue weighted by atomic mass is 10.00. The molecule has 0 aliphatic carbocycles. The van der Waals surface area contributed by atoms with Crippen LogP contribution in [-0.4, -0.2) is 10.8 Å². The molecular weight excluding hydrogens is 299 g/mol. The van der Waals surface area contributed by atoms with Gasteiger partial charge in [-0.25, -0.2) is 4.39 Å². The highest BCUT2D eigenvalue weighted by Crippen LogP contribution is 2.29. The zero-order valence-corrected chi connectivity index (χ0v) is 13.1. The van der Waals surface area contributed by atoms with Crippen LogP contribution in [0.15, 0.2) is 53.5 Å². The van der Waals surface area contributed by atoms with E-state index in [4.69, 9.17) is 0 Å². The van der Waals surface area contributed by atoms with E-state index in [1.807, 2.05) is 30.5 Å². The van der Waals surface area contributed by atoms with Gasteiger partial charge in [0, 0.05) is 36.1 Å². The molecular formula is C17H15FN2OS. The van der Waals surface area contributed by atoms with Crippen molar-refractivity contribution in [2.75, 3.05) is 11.0 Å². The first-order valence-electron chi connectivity index (χ1n) is 6.78. The quantitative estimate of drug-likeness (QED) is 0.741. The highest BCUT2D eigenvalue weighted by molar-refractivity contribution is 7.99. The summed E-state index contributed by atoms with van der Waals surface area (Å²) >= 11 is 1.51. The Balaban J connectivity index is 2.30. The predicted molar refractivity (Wildman–Crippen MR) is 91.7 cm³/mol. The summed E-state index contributed by atoms with van der Waals surface area (Å²) < 4.78 is 18.3. The fourth-order valence-corrected chi connectivity index (χ4v) is 2.90. The van der Waals surface area contributed by atoms with Crippen LogP contribution < -0.4 is 10.3 Å². The number of halogens is 1. The van der Waals surface area contributed by atoms with Crippen molar-refractivity contribution in [1.29, 1.82) is 0 Å². The molecule has 1 N–H and O–H groups in total. The van der Waals surface area contributed by atoms with Crippen LogP contribution in [0.1, 0.15) is 0 Å². The van der Waals surface area contributed by atoms with Crippen molar-refractivity contribution < 1.29 is 4.39 Å². The second-order valence-corrected chi connectivity index (χ2v) is 5.65. The minimum Gasteiger partial charge on any atom is -0.330 e. The van der Waals surface area contributed by atoms with Gasteiger partial charge in [-0.2, -0.15) is 0 Å². The summed E-state index contributed by atoms with van der Waals surface area (Å²) in [6.45, 7) is 0. The molecule has 5 heteroatoms. The second-order valence-electron chi connectivity index (χ2n) is 5.04. The van der Waals surface area contributed by atoms with E-state index in [-0.39, 0.29) is 11.4 Å². The summed E-state index contributed by atoms with van der Waals surface area (Å²) in [6, 6.07) is 12.1. The molecule has 3 aromatic rings. The highest BCUT2D eigenvalue weighted by Gasteiger charge is 2.10. The van der Waals surface area contributed by atoms with E-state index in [1.165, 1.54) is 28.6 Å². The normalized spacial score (nSPS) is 10.9. The van der Waals surface area contributed by atoms with E-state index in [0.29, 0.717) is 10.8 Å². The number of nitrogens with zero attached hydrogens (tertiary/aromatic N) is 1. The molecule has 22 heavy (non-hydrogen) atoms. The third kappa shape index (κ3) is 2.60. The van der Waals surface area contributed by atoms with Crippen molar-refractivity contribution in [1.82, 2.24) is 4.57 Å². The summed E-state index contributed by atoms with van der Waals surface area (Å²) in [4.78, 5) is 12.2. The van der Waals surface area contributed by atoms with Crippen molar-refractivity contribution in [3.8, 4) is 11.1 Å². The molecule has 0 aliphatic heterocycles. The Morgan fingerprint density at radius 2 is 1.95 bits per heavy atom. The number of aromatic nitrogens is 1. The molecule has 0 amide bonds. The van der Waals surface area contributed by atoms with Gasteiger partial charge in [-0.1, -0.05) is 24.1 Å². The van der Waals surface area contributed by atoms with Crippen molar-refractivity contribution in [3.63, 3.8) is 0 Å². The van der Waals surface area contributed by atoms with Gasteiger partial charge >= 0.3 is 0 Å². The number of rotatable bonds is 3. The molecule has 0 atom stereocenters. The van der Waals surface area contributed by atoms with Gasteiger partial charge in [-0.15, -0.1) is 0 Å². The summed E-state index contributed by atoms with van der Waals surface area (Å²) in [6.07, 6.45) is 3.70. The van der Waals surface area contributed by atoms with Gasteiger partial charge in [-0.3, -0.25) is 4.79 Å². The molecule has 1 heterocycles. The van der Waals surface area contributed by atoms with E-state index in [2.05, 4.69) is 4.72 Å². The van der Waals surface area contributed by atoms with Crippen molar-refractivity contribution in [2.45, 2.75) is 0 Å². The van der Waals surface area contributed by atoms with Gasteiger partial charge in [-0.05, 0) is 41.3 Å². The molecule has 0 bridgehead atoms. The average molecular weight is 314 g/mol. The van der Waals surface area contributed by atoms with Gasteiger partial charge in [0.05, 0.1) is 0 Å². The minimum atomic E-state index is -0.347. The second kappa shape index (κ2) is 5.85. The lowest BCUT2D eigenvalue weighted by Gasteiger charge is -2.11. The van der Waals surface area contributed by atoms with E-state index in [0.717, 1.165) is 16.8 Å². The Hall–Kier alpha value is -2.27. The number of hydrogen-bond acceptors (Lipinski definition) is 3. The van der Waals surface area contributed by atoms with Crippen LogP contribution in [0.25, 0.3) is 21.9 Å².